The Labute approximate surface area is 227 Å². The van der Waals surface area contributed by atoms with Crippen molar-refractivity contribution in [1.29, 1.82) is 0 Å². The molecule has 4 aromatic rings. The molecule has 0 bridgehead atoms. The number of thiazole rings is 2. The van der Waals surface area contributed by atoms with E-state index in [0.717, 1.165) is 59.7 Å². The summed E-state index contributed by atoms with van der Waals surface area (Å²) in [4.78, 5) is 17.3. The summed E-state index contributed by atoms with van der Waals surface area (Å²) >= 11 is 8.79. The number of piperazine rings is 1. The van der Waals surface area contributed by atoms with Gasteiger partial charge in [-0.3, -0.25) is 4.90 Å². The molecule has 1 unspecified atom stereocenters. The van der Waals surface area contributed by atoms with Gasteiger partial charge in [-0.2, -0.15) is 0 Å². The second-order valence-corrected chi connectivity index (χ2v) is 11.0. The van der Waals surface area contributed by atoms with Crippen molar-refractivity contribution in [2.24, 2.45) is 0 Å². The third kappa shape index (κ3) is 6.61. The summed E-state index contributed by atoms with van der Waals surface area (Å²) in [6, 6.07) is 8.33. The summed E-state index contributed by atoms with van der Waals surface area (Å²) < 4.78 is 14.0. The lowest BCUT2D eigenvalue weighted by Gasteiger charge is -2.26. The maximum Gasteiger partial charge on any atom is 0.188 e. The number of aliphatic hydroxyl groups excluding tert-OH is 1. The topological polar surface area (TPSA) is 98.2 Å². The first-order chi connectivity index (χ1) is 17.9. The van der Waals surface area contributed by atoms with E-state index in [0.29, 0.717) is 28.1 Å². The summed E-state index contributed by atoms with van der Waals surface area (Å²) in [5, 5.41) is 23.6. The molecule has 4 heterocycles. The number of halogens is 2. The Kier molecular flexibility index (Phi) is 8.28. The molecule has 0 radical (unpaired) electrons. The molecule has 194 valence electrons. The molecule has 3 aromatic heterocycles. The van der Waals surface area contributed by atoms with Gasteiger partial charge in [-0.15, -0.1) is 22.7 Å². The van der Waals surface area contributed by atoms with Crippen LogP contribution in [-0.2, 0) is 13.1 Å². The van der Waals surface area contributed by atoms with Crippen molar-refractivity contribution < 1.29 is 9.50 Å². The number of nitrogens with one attached hydrogen (secondary N) is 3. The first-order valence-corrected chi connectivity index (χ1v) is 14.0. The Morgan fingerprint density at radius 3 is 2.78 bits per heavy atom. The van der Waals surface area contributed by atoms with Crippen LogP contribution < -0.4 is 16.0 Å². The van der Waals surface area contributed by atoms with Crippen LogP contribution in [0.1, 0.15) is 29.3 Å². The van der Waals surface area contributed by atoms with Crippen molar-refractivity contribution in [1.82, 2.24) is 25.2 Å². The van der Waals surface area contributed by atoms with Crippen molar-refractivity contribution in [2.75, 3.05) is 36.8 Å². The zero-order valence-electron chi connectivity index (χ0n) is 20.2. The first-order valence-electron chi connectivity index (χ1n) is 11.9. The standard InChI is InChI=1S/C25H27ClFN7OS2/c1-15(35)24-31-20(13-34-8-6-28-7-9-34)23(37-24)21-14-36-25(32-21)33-22-5-2-16(12-30-22)11-29-19-4-3-17(26)10-18(19)27/h2-5,10,12,14-15,28-29,35H,6-9,11,13H2,1H3,(H,30,32,33). The van der Waals surface area contributed by atoms with Crippen LogP contribution >= 0.6 is 34.3 Å². The van der Waals surface area contributed by atoms with Crippen LogP contribution in [-0.4, -0.2) is 51.1 Å². The number of aliphatic hydroxyl groups is 1. The lowest BCUT2D eigenvalue weighted by Crippen LogP contribution is -2.43. The monoisotopic (exact) mass is 559 g/mol. The van der Waals surface area contributed by atoms with E-state index in [4.69, 9.17) is 21.6 Å². The van der Waals surface area contributed by atoms with Crippen LogP contribution in [0.5, 0.6) is 0 Å². The molecule has 1 saturated heterocycles. The summed E-state index contributed by atoms with van der Waals surface area (Å²) in [7, 11) is 0. The fraction of sp³-hybridized carbons (Fsp3) is 0.320. The van der Waals surface area contributed by atoms with Gasteiger partial charge in [0.05, 0.1) is 22.0 Å². The highest BCUT2D eigenvalue weighted by atomic mass is 35.5. The van der Waals surface area contributed by atoms with E-state index in [1.165, 1.54) is 28.7 Å². The summed E-state index contributed by atoms with van der Waals surface area (Å²) in [6.45, 7) is 6.77. The van der Waals surface area contributed by atoms with Gasteiger partial charge in [0.25, 0.3) is 0 Å². The van der Waals surface area contributed by atoms with E-state index in [1.54, 1.807) is 25.3 Å². The lowest BCUT2D eigenvalue weighted by atomic mass is 10.2. The van der Waals surface area contributed by atoms with Gasteiger partial charge in [-0.25, -0.2) is 19.3 Å². The number of hydrogen-bond acceptors (Lipinski definition) is 10. The van der Waals surface area contributed by atoms with Gasteiger partial charge in [-0.1, -0.05) is 17.7 Å². The van der Waals surface area contributed by atoms with Crippen molar-refractivity contribution in [3.8, 4) is 10.6 Å². The average Bonchev–Trinajstić information content (AvgIpc) is 3.52. The minimum Gasteiger partial charge on any atom is -0.386 e. The molecule has 0 aliphatic carbocycles. The number of pyridine rings is 1. The maximum atomic E-state index is 14.0. The molecule has 0 spiro atoms. The summed E-state index contributed by atoms with van der Waals surface area (Å²) in [5.74, 6) is 0.272. The van der Waals surface area contributed by atoms with E-state index in [9.17, 15) is 9.50 Å². The molecular weight excluding hydrogens is 533 g/mol. The molecule has 12 heteroatoms. The molecule has 1 aliphatic heterocycles. The van der Waals surface area contributed by atoms with Gasteiger partial charge >= 0.3 is 0 Å². The molecule has 5 rings (SSSR count). The number of hydrogen-bond donors (Lipinski definition) is 4. The summed E-state index contributed by atoms with van der Waals surface area (Å²) in [6.07, 6.45) is 1.12. The minimum atomic E-state index is -0.620. The number of benzene rings is 1. The largest absolute Gasteiger partial charge is 0.386 e. The van der Waals surface area contributed by atoms with Crippen LogP contribution in [0.2, 0.25) is 5.02 Å². The molecular formula is C25H27ClFN7OS2. The van der Waals surface area contributed by atoms with E-state index in [2.05, 4.69) is 25.8 Å². The van der Waals surface area contributed by atoms with E-state index < -0.39 is 11.9 Å². The second kappa shape index (κ2) is 11.8. The SMILES string of the molecule is CC(O)c1nc(CN2CCNCC2)c(-c2csc(Nc3ccc(CNc4ccc(Cl)cc4F)cn3)n2)s1. The Balaban J connectivity index is 1.24. The normalized spacial score (nSPS) is 15.0. The van der Waals surface area contributed by atoms with Crippen LogP contribution in [0, 0.1) is 5.82 Å². The minimum absolute atomic E-state index is 0.361. The van der Waals surface area contributed by atoms with Crippen molar-refractivity contribution in [2.45, 2.75) is 26.1 Å². The van der Waals surface area contributed by atoms with E-state index >= 15 is 0 Å². The predicted molar refractivity (Wildman–Crippen MR) is 148 cm³/mol. The third-order valence-electron chi connectivity index (χ3n) is 5.86. The highest BCUT2D eigenvalue weighted by Crippen LogP contribution is 2.36. The smallest absolute Gasteiger partial charge is 0.188 e. The molecule has 1 fully saturated rings. The zero-order valence-corrected chi connectivity index (χ0v) is 22.6. The predicted octanol–water partition coefficient (Wildman–Crippen LogP) is 5.27. The Bertz CT molecular complexity index is 1340. The maximum absolute atomic E-state index is 14.0. The Morgan fingerprint density at radius 2 is 2.05 bits per heavy atom. The van der Waals surface area contributed by atoms with Crippen LogP contribution in [0.15, 0.2) is 41.9 Å². The molecule has 4 N–H and O–H groups in total. The quantitative estimate of drug-likeness (QED) is 0.220. The van der Waals surface area contributed by atoms with Crippen molar-refractivity contribution in [3.05, 3.63) is 69.0 Å². The lowest BCUT2D eigenvalue weighted by molar-refractivity contribution is 0.197. The van der Waals surface area contributed by atoms with Gasteiger partial charge in [0.1, 0.15) is 22.7 Å². The number of anilines is 3. The molecule has 0 amide bonds. The van der Waals surface area contributed by atoms with Gasteiger partial charge in [-0.05, 0) is 36.8 Å². The van der Waals surface area contributed by atoms with E-state index in [-0.39, 0.29) is 0 Å². The van der Waals surface area contributed by atoms with Crippen molar-refractivity contribution in [3.63, 3.8) is 0 Å². The second-order valence-electron chi connectivity index (χ2n) is 8.72. The highest BCUT2D eigenvalue weighted by Gasteiger charge is 2.21. The molecule has 1 atom stereocenters. The first kappa shape index (κ1) is 26.0. The van der Waals surface area contributed by atoms with Gasteiger partial charge in [0.2, 0.25) is 0 Å². The average molecular weight is 560 g/mol. The third-order valence-corrected chi connectivity index (χ3v) is 8.15. The van der Waals surface area contributed by atoms with Crippen LogP contribution in [0.3, 0.4) is 0 Å². The van der Waals surface area contributed by atoms with Crippen LogP contribution in [0.4, 0.5) is 21.0 Å². The van der Waals surface area contributed by atoms with Crippen LogP contribution in [0.25, 0.3) is 10.6 Å². The number of aromatic nitrogens is 3. The zero-order chi connectivity index (χ0) is 25.8. The molecule has 1 aliphatic rings. The fourth-order valence-corrected chi connectivity index (χ4v) is 5.83. The fourth-order valence-electron chi connectivity index (χ4n) is 3.92. The number of rotatable bonds is 9. The number of nitrogens with zero attached hydrogens (tertiary/aromatic N) is 4. The molecule has 1 aromatic carbocycles. The Hall–Kier alpha value is -2.67. The molecule has 37 heavy (non-hydrogen) atoms. The van der Waals surface area contributed by atoms with Gasteiger partial charge in [0, 0.05) is 55.9 Å². The molecule has 0 saturated carbocycles. The van der Waals surface area contributed by atoms with Gasteiger partial charge < -0.3 is 21.1 Å². The Morgan fingerprint density at radius 1 is 1.22 bits per heavy atom. The van der Waals surface area contributed by atoms with E-state index in [1.807, 2.05) is 17.5 Å². The van der Waals surface area contributed by atoms with Gasteiger partial charge in [0.15, 0.2) is 5.13 Å². The molecule has 8 nitrogen and oxygen atoms in total. The summed E-state index contributed by atoms with van der Waals surface area (Å²) in [5.41, 5.74) is 3.09. The van der Waals surface area contributed by atoms with Crippen molar-refractivity contribution >= 4 is 50.9 Å². The highest BCUT2D eigenvalue weighted by molar-refractivity contribution is 7.17.